The molecular weight excluding hydrogens is 138 g/mol. The van der Waals surface area contributed by atoms with Crippen molar-refractivity contribution in [3.8, 4) is 0 Å². The van der Waals surface area contributed by atoms with Crippen molar-refractivity contribution in [3.05, 3.63) is 12.2 Å². The number of ketones is 1. The molecule has 0 bridgehead atoms. The predicted octanol–water partition coefficient (Wildman–Crippen LogP) is 0.741. The summed E-state index contributed by atoms with van der Waals surface area (Å²) in [7, 11) is 0. The SMILES string of the molecule is O=C1C=C[C@H]2CNCC[C@H]2C1. The Morgan fingerprint density at radius 2 is 2.45 bits per heavy atom. The Hall–Kier alpha value is -0.630. The molecule has 1 aliphatic carbocycles. The molecule has 60 valence electrons. The monoisotopic (exact) mass is 151 g/mol. The lowest BCUT2D eigenvalue weighted by molar-refractivity contribution is -0.116. The Labute approximate surface area is 66.7 Å². The molecule has 0 unspecified atom stereocenters. The first kappa shape index (κ1) is 7.04. The minimum absolute atomic E-state index is 0.313. The van der Waals surface area contributed by atoms with E-state index in [0.29, 0.717) is 17.6 Å². The summed E-state index contributed by atoms with van der Waals surface area (Å²) >= 11 is 0. The topological polar surface area (TPSA) is 29.1 Å². The summed E-state index contributed by atoms with van der Waals surface area (Å²) in [4.78, 5) is 11.0. The number of allylic oxidation sites excluding steroid dienone is 1. The maximum atomic E-state index is 11.0. The fraction of sp³-hybridized carbons (Fsp3) is 0.667. The standard InChI is InChI=1S/C9H13NO/c11-9-2-1-8-6-10-4-3-7(8)5-9/h1-2,7-8,10H,3-6H2/t7-,8-/m0/s1. The molecule has 2 heteroatoms. The average Bonchev–Trinajstić information content (AvgIpc) is 2.04. The van der Waals surface area contributed by atoms with E-state index in [1.165, 1.54) is 6.42 Å². The van der Waals surface area contributed by atoms with Crippen LogP contribution in [0.5, 0.6) is 0 Å². The third-order valence-corrected chi connectivity index (χ3v) is 2.67. The highest BCUT2D eigenvalue weighted by molar-refractivity contribution is 5.90. The van der Waals surface area contributed by atoms with Gasteiger partial charge in [-0.1, -0.05) is 6.08 Å². The molecule has 0 spiro atoms. The molecule has 1 heterocycles. The van der Waals surface area contributed by atoms with Crippen LogP contribution in [0.15, 0.2) is 12.2 Å². The van der Waals surface area contributed by atoms with Crippen LogP contribution in [0.25, 0.3) is 0 Å². The van der Waals surface area contributed by atoms with Crippen molar-refractivity contribution in [3.63, 3.8) is 0 Å². The zero-order valence-electron chi connectivity index (χ0n) is 6.55. The summed E-state index contributed by atoms with van der Waals surface area (Å²) in [6.45, 7) is 2.15. The highest BCUT2D eigenvalue weighted by Crippen LogP contribution is 2.27. The Balaban J connectivity index is 2.10. The predicted molar refractivity (Wildman–Crippen MR) is 43.2 cm³/mol. The van der Waals surface area contributed by atoms with Crippen LogP contribution >= 0.6 is 0 Å². The summed E-state index contributed by atoms with van der Waals surface area (Å²) in [6.07, 6.45) is 5.76. The van der Waals surface area contributed by atoms with Gasteiger partial charge in [0, 0.05) is 13.0 Å². The average molecular weight is 151 g/mol. The van der Waals surface area contributed by atoms with Crippen molar-refractivity contribution in [2.45, 2.75) is 12.8 Å². The fourth-order valence-electron chi connectivity index (χ4n) is 1.97. The lowest BCUT2D eigenvalue weighted by atomic mass is 9.79. The molecule has 0 saturated carbocycles. The van der Waals surface area contributed by atoms with Crippen LogP contribution in [0, 0.1) is 11.8 Å². The molecule has 0 aromatic heterocycles. The number of piperidine rings is 1. The third-order valence-electron chi connectivity index (χ3n) is 2.67. The molecule has 0 aromatic carbocycles. The van der Waals surface area contributed by atoms with Crippen LogP contribution in [0.3, 0.4) is 0 Å². The van der Waals surface area contributed by atoms with Crippen molar-refractivity contribution in [1.29, 1.82) is 0 Å². The molecular formula is C9H13NO. The fourth-order valence-corrected chi connectivity index (χ4v) is 1.97. The summed E-state index contributed by atoms with van der Waals surface area (Å²) in [5.41, 5.74) is 0. The maximum Gasteiger partial charge on any atom is 0.155 e. The molecule has 0 radical (unpaired) electrons. The van der Waals surface area contributed by atoms with Gasteiger partial charge in [0.1, 0.15) is 0 Å². The van der Waals surface area contributed by atoms with Gasteiger partial charge in [0.05, 0.1) is 0 Å². The zero-order chi connectivity index (χ0) is 7.68. The van der Waals surface area contributed by atoms with E-state index in [9.17, 15) is 4.79 Å². The molecule has 2 rings (SSSR count). The third kappa shape index (κ3) is 1.36. The number of fused-ring (bicyclic) bond motifs is 1. The number of hydrogen-bond acceptors (Lipinski definition) is 2. The Morgan fingerprint density at radius 1 is 1.55 bits per heavy atom. The molecule has 1 fully saturated rings. The highest BCUT2D eigenvalue weighted by Gasteiger charge is 2.27. The van der Waals surface area contributed by atoms with Gasteiger partial charge in [0.25, 0.3) is 0 Å². The second-order valence-electron chi connectivity index (χ2n) is 3.45. The largest absolute Gasteiger partial charge is 0.316 e. The summed E-state index contributed by atoms with van der Waals surface area (Å²) in [6, 6.07) is 0. The molecule has 1 saturated heterocycles. The van der Waals surface area contributed by atoms with Crippen molar-refractivity contribution in [2.24, 2.45) is 11.8 Å². The van der Waals surface area contributed by atoms with Gasteiger partial charge in [-0.2, -0.15) is 0 Å². The van der Waals surface area contributed by atoms with E-state index in [4.69, 9.17) is 0 Å². The zero-order valence-corrected chi connectivity index (χ0v) is 6.55. The summed E-state index contributed by atoms with van der Waals surface area (Å²) in [5, 5.41) is 3.34. The summed E-state index contributed by atoms with van der Waals surface area (Å²) < 4.78 is 0. The first-order valence-electron chi connectivity index (χ1n) is 4.28. The van der Waals surface area contributed by atoms with Crippen LogP contribution in [-0.2, 0) is 4.79 Å². The van der Waals surface area contributed by atoms with Gasteiger partial charge in [-0.15, -0.1) is 0 Å². The minimum atomic E-state index is 0.313. The minimum Gasteiger partial charge on any atom is -0.316 e. The number of carbonyl (C=O) groups is 1. The van der Waals surface area contributed by atoms with Crippen LogP contribution in [0.2, 0.25) is 0 Å². The van der Waals surface area contributed by atoms with Crippen LogP contribution in [0.1, 0.15) is 12.8 Å². The molecule has 0 amide bonds. The lowest BCUT2D eigenvalue weighted by Gasteiger charge is -2.31. The molecule has 1 N–H and O–H groups in total. The quantitative estimate of drug-likeness (QED) is 0.553. The first-order valence-corrected chi connectivity index (χ1v) is 4.28. The molecule has 11 heavy (non-hydrogen) atoms. The van der Waals surface area contributed by atoms with Gasteiger partial charge in [0.15, 0.2) is 5.78 Å². The number of nitrogens with one attached hydrogen (secondary N) is 1. The molecule has 1 aliphatic heterocycles. The van der Waals surface area contributed by atoms with Gasteiger partial charge < -0.3 is 5.32 Å². The van der Waals surface area contributed by atoms with Crippen LogP contribution in [0.4, 0.5) is 0 Å². The number of hydrogen-bond donors (Lipinski definition) is 1. The van der Waals surface area contributed by atoms with Crippen molar-refractivity contribution >= 4 is 5.78 Å². The van der Waals surface area contributed by atoms with Crippen LogP contribution in [-0.4, -0.2) is 18.9 Å². The molecule has 2 atom stereocenters. The van der Waals surface area contributed by atoms with Crippen molar-refractivity contribution < 1.29 is 4.79 Å². The van der Waals surface area contributed by atoms with E-state index >= 15 is 0 Å². The molecule has 0 aromatic rings. The van der Waals surface area contributed by atoms with E-state index < -0.39 is 0 Å². The first-order chi connectivity index (χ1) is 5.36. The number of carbonyl (C=O) groups excluding carboxylic acids is 1. The van der Waals surface area contributed by atoms with E-state index in [1.807, 2.05) is 0 Å². The van der Waals surface area contributed by atoms with E-state index in [1.54, 1.807) is 6.08 Å². The molecule has 2 aliphatic rings. The molecule has 2 nitrogen and oxygen atoms in total. The van der Waals surface area contributed by atoms with Crippen molar-refractivity contribution in [2.75, 3.05) is 13.1 Å². The van der Waals surface area contributed by atoms with Gasteiger partial charge in [-0.05, 0) is 30.9 Å². The maximum absolute atomic E-state index is 11.0. The Bertz CT molecular complexity index is 198. The second-order valence-corrected chi connectivity index (χ2v) is 3.45. The van der Waals surface area contributed by atoms with Gasteiger partial charge >= 0.3 is 0 Å². The highest BCUT2D eigenvalue weighted by atomic mass is 16.1. The normalized spacial score (nSPS) is 36.9. The van der Waals surface area contributed by atoms with Gasteiger partial charge in [-0.3, -0.25) is 4.79 Å². The Kier molecular flexibility index (Phi) is 1.78. The summed E-state index contributed by atoms with van der Waals surface area (Å²) in [5.74, 6) is 1.57. The van der Waals surface area contributed by atoms with Crippen LogP contribution < -0.4 is 5.32 Å². The smallest absolute Gasteiger partial charge is 0.155 e. The number of rotatable bonds is 0. The van der Waals surface area contributed by atoms with Gasteiger partial charge in [0.2, 0.25) is 0 Å². The lowest BCUT2D eigenvalue weighted by Crippen LogP contribution is -2.38. The van der Waals surface area contributed by atoms with Crippen molar-refractivity contribution in [1.82, 2.24) is 5.32 Å². The van der Waals surface area contributed by atoms with E-state index in [2.05, 4.69) is 11.4 Å². The Morgan fingerprint density at radius 3 is 3.36 bits per heavy atom. The van der Waals surface area contributed by atoms with E-state index in [-0.39, 0.29) is 0 Å². The van der Waals surface area contributed by atoms with Gasteiger partial charge in [-0.25, -0.2) is 0 Å². The second kappa shape index (κ2) is 2.78. The van der Waals surface area contributed by atoms with E-state index in [0.717, 1.165) is 19.5 Å².